The van der Waals surface area contributed by atoms with Crippen molar-refractivity contribution in [1.82, 2.24) is 4.98 Å². The topological polar surface area (TPSA) is 63.3 Å². The molecule has 0 aliphatic carbocycles. The Morgan fingerprint density at radius 2 is 2.24 bits per heavy atom. The maximum atomic E-state index is 12.2. The van der Waals surface area contributed by atoms with Gasteiger partial charge >= 0.3 is 0 Å². The summed E-state index contributed by atoms with van der Waals surface area (Å²) in [5.74, 6) is -0.311. The Hall–Kier alpha value is -1.68. The number of ketones is 1. The molecule has 4 nitrogen and oxygen atoms in total. The van der Waals surface area contributed by atoms with Crippen LogP contribution < -0.4 is 0 Å². The van der Waals surface area contributed by atoms with E-state index in [2.05, 4.69) is 4.98 Å². The van der Waals surface area contributed by atoms with E-state index < -0.39 is 0 Å². The van der Waals surface area contributed by atoms with Crippen molar-refractivity contribution in [3.05, 3.63) is 30.2 Å². The number of benzene rings is 1. The van der Waals surface area contributed by atoms with Crippen LogP contribution in [-0.4, -0.2) is 22.5 Å². The van der Waals surface area contributed by atoms with E-state index in [-0.39, 0.29) is 24.2 Å². The molecule has 0 fully saturated rings. The fraction of sp³-hybridized carbons (Fsp3) is 0.385. The smallest absolute Gasteiger partial charge is 0.181 e. The van der Waals surface area contributed by atoms with Gasteiger partial charge in [0, 0.05) is 11.5 Å². The van der Waals surface area contributed by atoms with Gasteiger partial charge in [0.2, 0.25) is 0 Å². The Morgan fingerprint density at radius 3 is 2.88 bits per heavy atom. The first kappa shape index (κ1) is 11.8. The third-order valence-electron chi connectivity index (χ3n) is 2.95. The van der Waals surface area contributed by atoms with Crippen LogP contribution in [0, 0.1) is 11.8 Å². The minimum absolute atomic E-state index is 0.0548. The van der Waals surface area contributed by atoms with Gasteiger partial charge in [-0.2, -0.15) is 0 Å². The highest BCUT2D eigenvalue weighted by molar-refractivity contribution is 6.00. The zero-order valence-corrected chi connectivity index (χ0v) is 9.88. The van der Waals surface area contributed by atoms with Gasteiger partial charge in [0.1, 0.15) is 5.52 Å². The molecule has 0 saturated carbocycles. The lowest BCUT2D eigenvalue weighted by Crippen LogP contribution is -2.24. The van der Waals surface area contributed by atoms with Crippen LogP contribution in [0.3, 0.4) is 0 Å². The van der Waals surface area contributed by atoms with Crippen molar-refractivity contribution < 1.29 is 14.3 Å². The lowest BCUT2D eigenvalue weighted by Gasteiger charge is -2.16. The molecule has 1 aromatic heterocycles. The molecule has 1 N–H and O–H groups in total. The average molecular weight is 233 g/mol. The fourth-order valence-corrected chi connectivity index (χ4v) is 1.82. The van der Waals surface area contributed by atoms with E-state index in [0.29, 0.717) is 11.1 Å². The number of aliphatic hydroxyl groups is 1. The van der Waals surface area contributed by atoms with E-state index in [0.717, 1.165) is 5.52 Å². The summed E-state index contributed by atoms with van der Waals surface area (Å²) in [6.07, 6.45) is 1.35. The molecular formula is C13H15NO3. The molecule has 1 heterocycles. The minimum Gasteiger partial charge on any atom is -0.443 e. The molecule has 0 aliphatic rings. The number of aliphatic hydroxyl groups excluding tert-OH is 1. The minimum atomic E-state index is -0.365. The van der Waals surface area contributed by atoms with Crippen molar-refractivity contribution in [3.8, 4) is 0 Å². The Bertz CT molecular complexity index is 530. The third-order valence-corrected chi connectivity index (χ3v) is 2.95. The van der Waals surface area contributed by atoms with Crippen molar-refractivity contribution in [3.63, 3.8) is 0 Å². The molecule has 90 valence electrons. The highest BCUT2D eigenvalue weighted by atomic mass is 16.3. The summed E-state index contributed by atoms with van der Waals surface area (Å²) in [5, 5.41) is 9.24. The number of aromatic nitrogens is 1. The Morgan fingerprint density at radius 1 is 1.47 bits per heavy atom. The first-order valence-electron chi connectivity index (χ1n) is 5.61. The quantitative estimate of drug-likeness (QED) is 0.823. The Kier molecular flexibility index (Phi) is 3.24. The summed E-state index contributed by atoms with van der Waals surface area (Å²) >= 11 is 0. The number of Topliss-reactive ketones (excluding diaryl/α,β-unsaturated/α-hetero) is 1. The SMILES string of the molecule is CC(C)C(CO)C(=O)c1ccc2ncoc2c1. The maximum absolute atomic E-state index is 12.2. The van der Waals surface area contributed by atoms with E-state index in [1.807, 2.05) is 13.8 Å². The van der Waals surface area contributed by atoms with Crippen LogP contribution in [0.4, 0.5) is 0 Å². The lowest BCUT2D eigenvalue weighted by atomic mass is 9.88. The molecule has 1 aromatic carbocycles. The monoisotopic (exact) mass is 233 g/mol. The van der Waals surface area contributed by atoms with Crippen molar-refractivity contribution in [2.24, 2.45) is 11.8 Å². The van der Waals surface area contributed by atoms with E-state index in [1.54, 1.807) is 18.2 Å². The molecule has 0 spiro atoms. The van der Waals surface area contributed by atoms with Crippen LogP contribution in [0.15, 0.2) is 29.0 Å². The van der Waals surface area contributed by atoms with Gasteiger partial charge in [-0.15, -0.1) is 0 Å². The molecule has 17 heavy (non-hydrogen) atoms. The number of rotatable bonds is 4. The highest BCUT2D eigenvalue weighted by Crippen LogP contribution is 2.20. The number of hydrogen-bond donors (Lipinski definition) is 1. The van der Waals surface area contributed by atoms with Gasteiger partial charge in [0.05, 0.1) is 6.61 Å². The normalized spacial score (nSPS) is 13.2. The molecule has 0 amide bonds. The predicted octanol–water partition coefficient (Wildman–Crippen LogP) is 2.28. The summed E-state index contributed by atoms with van der Waals surface area (Å²) in [7, 11) is 0. The Labute approximate surface area is 99.3 Å². The highest BCUT2D eigenvalue weighted by Gasteiger charge is 2.23. The van der Waals surface area contributed by atoms with Gasteiger partial charge in [0.15, 0.2) is 17.8 Å². The van der Waals surface area contributed by atoms with Crippen LogP contribution in [0.2, 0.25) is 0 Å². The molecule has 4 heteroatoms. The summed E-state index contributed by atoms with van der Waals surface area (Å²) in [6.45, 7) is 3.71. The number of carbonyl (C=O) groups is 1. The predicted molar refractivity (Wildman–Crippen MR) is 63.8 cm³/mol. The number of nitrogens with zero attached hydrogens (tertiary/aromatic N) is 1. The second kappa shape index (κ2) is 4.67. The molecular weight excluding hydrogens is 218 g/mol. The molecule has 0 aliphatic heterocycles. The van der Waals surface area contributed by atoms with Gasteiger partial charge < -0.3 is 9.52 Å². The van der Waals surface area contributed by atoms with E-state index in [1.165, 1.54) is 6.39 Å². The molecule has 1 unspecified atom stereocenters. The van der Waals surface area contributed by atoms with Crippen LogP contribution in [0.1, 0.15) is 24.2 Å². The van der Waals surface area contributed by atoms with Gasteiger partial charge in [0.25, 0.3) is 0 Å². The first-order valence-corrected chi connectivity index (χ1v) is 5.61. The van der Waals surface area contributed by atoms with Gasteiger partial charge in [-0.25, -0.2) is 4.98 Å². The molecule has 0 bridgehead atoms. The van der Waals surface area contributed by atoms with Crippen molar-refractivity contribution in [2.45, 2.75) is 13.8 Å². The maximum Gasteiger partial charge on any atom is 0.181 e. The third kappa shape index (κ3) is 2.22. The van der Waals surface area contributed by atoms with Crippen LogP contribution in [0.5, 0.6) is 0 Å². The zero-order chi connectivity index (χ0) is 12.4. The summed E-state index contributed by atoms with van der Waals surface area (Å²) < 4.78 is 5.16. The van der Waals surface area contributed by atoms with Crippen LogP contribution in [-0.2, 0) is 0 Å². The number of carbonyl (C=O) groups excluding carboxylic acids is 1. The van der Waals surface area contributed by atoms with Crippen molar-refractivity contribution >= 4 is 16.9 Å². The van der Waals surface area contributed by atoms with Crippen LogP contribution >= 0.6 is 0 Å². The second-order valence-corrected chi connectivity index (χ2v) is 4.43. The van der Waals surface area contributed by atoms with Gasteiger partial charge in [-0.05, 0) is 24.1 Å². The first-order chi connectivity index (χ1) is 8.13. The van der Waals surface area contributed by atoms with E-state index in [9.17, 15) is 9.90 Å². The van der Waals surface area contributed by atoms with Crippen molar-refractivity contribution in [1.29, 1.82) is 0 Å². The number of fused-ring (bicyclic) bond motifs is 1. The Balaban J connectivity index is 2.35. The van der Waals surface area contributed by atoms with Crippen LogP contribution in [0.25, 0.3) is 11.1 Å². The van der Waals surface area contributed by atoms with E-state index >= 15 is 0 Å². The second-order valence-electron chi connectivity index (χ2n) is 4.43. The zero-order valence-electron chi connectivity index (χ0n) is 9.88. The van der Waals surface area contributed by atoms with Gasteiger partial charge in [-0.3, -0.25) is 4.79 Å². The molecule has 0 radical (unpaired) electrons. The molecule has 2 aromatic rings. The number of hydrogen-bond acceptors (Lipinski definition) is 4. The summed E-state index contributed by atoms with van der Waals surface area (Å²) in [4.78, 5) is 16.2. The van der Waals surface area contributed by atoms with Gasteiger partial charge in [-0.1, -0.05) is 13.8 Å². The largest absolute Gasteiger partial charge is 0.443 e. The molecule has 0 saturated heterocycles. The van der Waals surface area contributed by atoms with Crippen molar-refractivity contribution in [2.75, 3.05) is 6.61 Å². The molecule has 1 atom stereocenters. The summed E-state index contributed by atoms with van der Waals surface area (Å²) in [5.41, 5.74) is 1.88. The standard InChI is InChI=1S/C13H15NO3/c1-8(2)10(6-15)13(16)9-3-4-11-12(5-9)17-7-14-11/h3-5,7-8,10,15H,6H2,1-2H3. The van der Waals surface area contributed by atoms with E-state index in [4.69, 9.17) is 4.42 Å². The summed E-state index contributed by atoms with van der Waals surface area (Å²) in [6, 6.07) is 5.15. The molecule has 2 rings (SSSR count). The lowest BCUT2D eigenvalue weighted by molar-refractivity contribution is 0.0807. The average Bonchev–Trinajstić information content (AvgIpc) is 2.75. The number of oxazole rings is 1. The fourth-order valence-electron chi connectivity index (χ4n) is 1.82.